The Morgan fingerprint density at radius 3 is 1.38 bits per heavy atom. The van der Waals surface area contributed by atoms with Crippen LogP contribution in [0.5, 0.6) is 0 Å². The number of hydrogen-bond acceptors (Lipinski definition) is 6. The van der Waals surface area contributed by atoms with Crippen molar-refractivity contribution in [2.24, 2.45) is 0 Å². The fraction of sp³-hybridized carbons (Fsp3) is 0.930. The fourth-order valence-electron chi connectivity index (χ4n) is 6.73. The molecule has 1 amide bonds. The van der Waals surface area contributed by atoms with Crippen LogP contribution < -0.4 is 15.9 Å². The molecular formula is C43H87N2O6P. The van der Waals surface area contributed by atoms with Crippen LogP contribution in [0.15, 0.2) is 12.2 Å². The predicted molar refractivity (Wildman–Crippen MR) is 218 cm³/mol. The maximum Gasteiger partial charge on any atom is 0.268 e. The molecule has 0 heterocycles. The van der Waals surface area contributed by atoms with Crippen LogP contribution in [-0.4, -0.2) is 42.9 Å². The van der Waals surface area contributed by atoms with E-state index in [0.717, 1.165) is 38.5 Å². The van der Waals surface area contributed by atoms with E-state index < -0.39 is 20.0 Å². The Balaban J connectivity index is 4.11. The Morgan fingerprint density at radius 2 is 1.00 bits per heavy atom. The van der Waals surface area contributed by atoms with E-state index in [-0.39, 0.29) is 19.1 Å². The SMILES string of the molecule is CCCCCCCCCCCCC/C=C/[C@@H](O)[C@H](COP(=O)([O-])OCC[NH3+])NC(=O)CCCCCCCCCCCCCCCCCCCCCC. The zero-order valence-corrected chi connectivity index (χ0v) is 35.3. The van der Waals surface area contributed by atoms with Gasteiger partial charge in [0.2, 0.25) is 5.91 Å². The first-order valence-corrected chi connectivity index (χ1v) is 23.9. The molecule has 0 aliphatic rings. The summed E-state index contributed by atoms with van der Waals surface area (Å²) in [6.45, 7) is 4.37. The summed E-state index contributed by atoms with van der Waals surface area (Å²) < 4.78 is 21.9. The number of rotatable bonds is 42. The fourth-order valence-corrected chi connectivity index (χ4v) is 7.50. The van der Waals surface area contributed by atoms with Gasteiger partial charge in [-0.05, 0) is 19.3 Å². The molecule has 0 aromatic carbocycles. The van der Waals surface area contributed by atoms with Crippen LogP contribution >= 0.6 is 7.82 Å². The van der Waals surface area contributed by atoms with Crippen molar-refractivity contribution < 1.29 is 34.1 Å². The molecule has 0 aromatic heterocycles. The topological polar surface area (TPSA) is 136 Å². The minimum atomic E-state index is -4.54. The molecule has 0 aliphatic carbocycles. The van der Waals surface area contributed by atoms with Gasteiger partial charge in [0.25, 0.3) is 7.82 Å². The number of amides is 1. The molecule has 0 bridgehead atoms. The van der Waals surface area contributed by atoms with Crippen LogP contribution in [0.1, 0.15) is 226 Å². The van der Waals surface area contributed by atoms with Crippen LogP contribution in [0.25, 0.3) is 0 Å². The minimum absolute atomic E-state index is 0.0708. The summed E-state index contributed by atoms with van der Waals surface area (Å²) in [5.41, 5.74) is 3.58. The molecule has 0 radical (unpaired) electrons. The number of aliphatic hydroxyl groups is 1. The molecule has 0 spiro atoms. The van der Waals surface area contributed by atoms with Gasteiger partial charge in [-0.3, -0.25) is 9.36 Å². The van der Waals surface area contributed by atoms with Gasteiger partial charge in [-0.25, -0.2) is 0 Å². The summed E-state index contributed by atoms with van der Waals surface area (Å²) in [6, 6.07) is -0.878. The number of phosphoric acid groups is 1. The number of carbonyl (C=O) groups excluding carboxylic acids is 1. The lowest BCUT2D eigenvalue weighted by Gasteiger charge is -2.27. The highest BCUT2D eigenvalue weighted by molar-refractivity contribution is 7.45. The zero-order valence-electron chi connectivity index (χ0n) is 34.4. The second kappa shape index (κ2) is 39.9. The van der Waals surface area contributed by atoms with Gasteiger partial charge < -0.3 is 30.1 Å². The third-order valence-electron chi connectivity index (χ3n) is 10.1. The second-order valence-electron chi connectivity index (χ2n) is 15.3. The van der Waals surface area contributed by atoms with Crippen molar-refractivity contribution in [2.45, 2.75) is 238 Å². The molecule has 0 saturated carbocycles. The standard InChI is InChI=1S/C43H87N2O6P/c1-3-5-7-9-11-13-15-17-18-19-20-21-22-23-25-27-29-31-33-35-37-43(47)45-41(40-51-52(48,49)50-39-38-44)42(46)36-34-32-30-28-26-24-16-14-12-10-8-6-4-2/h34,36,41-42,46H,3-33,35,37-40,44H2,1-2H3,(H,45,47)(H,48,49)/b36-34+/t41-,42+/m0/s1. The lowest BCUT2D eigenvalue weighted by Crippen LogP contribution is -2.52. The average molecular weight is 759 g/mol. The first kappa shape index (κ1) is 51.2. The first-order chi connectivity index (χ1) is 25.4. The van der Waals surface area contributed by atoms with Gasteiger partial charge in [0.05, 0.1) is 25.3 Å². The van der Waals surface area contributed by atoms with Crippen molar-refractivity contribution in [2.75, 3.05) is 19.8 Å². The normalized spacial score (nSPS) is 14.2. The van der Waals surface area contributed by atoms with Gasteiger partial charge in [0.15, 0.2) is 0 Å². The third kappa shape index (κ3) is 37.6. The van der Waals surface area contributed by atoms with Crippen molar-refractivity contribution in [3.05, 3.63) is 12.2 Å². The van der Waals surface area contributed by atoms with Gasteiger partial charge in [-0.2, -0.15) is 0 Å². The largest absolute Gasteiger partial charge is 0.756 e. The van der Waals surface area contributed by atoms with Gasteiger partial charge in [-0.1, -0.05) is 212 Å². The summed E-state index contributed by atoms with van der Waals surface area (Å²) in [6.07, 6.45) is 43.9. The summed E-state index contributed by atoms with van der Waals surface area (Å²) in [5.74, 6) is -0.201. The molecule has 0 aromatic rings. The summed E-state index contributed by atoms with van der Waals surface area (Å²) in [4.78, 5) is 24.8. The smallest absolute Gasteiger partial charge is 0.268 e. The van der Waals surface area contributed by atoms with E-state index in [4.69, 9.17) is 9.05 Å². The van der Waals surface area contributed by atoms with E-state index in [2.05, 4.69) is 24.9 Å². The van der Waals surface area contributed by atoms with E-state index in [9.17, 15) is 19.4 Å². The molecule has 310 valence electrons. The van der Waals surface area contributed by atoms with Gasteiger partial charge in [0, 0.05) is 6.42 Å². The van der Waals surface area contributed by atoms with Crippen LogP contribution in [0.4, 0.5) is 0 Å². The lowest BCUT2D eigenvalue weighted by molar-refractivity contribution is -0.373. The quantitative estimate of drug-likeness (QED) is 0.0322. The molecule has 3 atom stereocenters. The predicted octanol–water partition coefficient (Wildman–Crippen LogP) is 11.0. The molecule has 5 N–H and O–H groups in total. The van der Waals surface area contributed by atoms with Gasteiger partial charge in [0.1, 0.15) is 6.61 Å². The first-order valence-electron chi connectivity index (χ1n) is 22.4. The van der Waals surface area contributed by atoms with Crippen LogP contribution in [0, 0.1) is 0 Å². The van der Waals surface area contributed by atoms with Crippen molar-refractivity contribution in [1.29, 1.82) is 0 Å². The minimum Gasteiger partial charge on any atom is -0.756 e. The van der Waals surface area contributed by atoms with E-state index in [1.165, 1.54) is 167 Å². The Labute approximate surface area is 322 Å². The van der Waals surface area contributed by atoms with E-state index in [0.29, 0.717) is 13.0 Å². The Morgan fingerprint density at radius 1 is 0.635 bits per heavy atom. The highest BCUT2D eigenvalue weighted by Crippen LogP contribution is 2.38. The zero-order chi connectivity index (χ0) is 38.2. The number of carbonyl (C=O) groups is 1. The van der Waals surface area contributed by atoms with Crippen LogP contribution in [0.3, 0.4) is 0 Å². The number of aliphatic hydroxyl groups excluding tert-OH is 1. The molecule has 52 heavy (non-hydrogen) atoms. The van der Waals surface area contributed by atoms with Crippen molar-refractivity contribution in [3.8, 4) is 0 Å². The van der Waals surface area contributed by atoms with Crippen molar-refractivity contribution >= 4 is 13.7 Å². The van der Waals surface area contributed by atoms with Gasteiger partial charge >= 0.3 is 0 Å². The van der Waals surface area contributed by atoms with Crippen LogP contribution in [0.2, 0.25) is 0 Å². The average Bonchev–Trinajstić information content (AvgIpc) is 3.13. The molecule has 0 aliphatic heterocycles. The molecule has 0 saturated heterocycles. The maximum absolute atomic E-state index is 12.7. The van der Waals surface area contributed by atoms with Crippen LogP contribution in [-0.2, 0) is 18.4 Å². The Kier molecular flexibility index (Phi) is 39.3. The highest BCUT2D eigenvalue weighted by Gasteiger charge is 2.22. The molecule has 8 nitrogen and oxygen atoms in total. The molecule has 9 heteroatoms. The Hall–Kier alpha value is -0.760. The summed E-state index contributed by atoms with van der Waals surface area (Å²) in [5, 5.41) is 13.6. The molecule has 0 rings (SSSR count). The maximum atomic E-state index is 12.7. The molecule has 1 unspecified atom stereocenters. The summed E-state index contributed by atoms with van der Waals surface area (Å²) in [7, 11) is -4.54. The van der Waals surface area contributed by atoms with E-state index >= 15 is 0 Å². The molecular weight excluding hydrogens is 671 g/mol. The number of nitrogens with one attached hydrogen (secondary N) is 1. The number of quaternary nitrogens is 1. The monoisotopic (exact) mass is 759 g/mol. The highest BCUT2D eigenvalue weighted by atomic mass is 31.2. The van der Waals surface area contributed by atoms with E-state index in [1.54, 1.807) is 6.08 Å². The van der Waals surface area contributed by atoms with Gasteiger partial charge in [-0.15, -0.1) is 0 Å². The number of unbranched alkanes of at least 4 members (excludes halogenated alkanes) is 30. The number of phosphoric ester groups is 1. The Bertz CT molecular complexity index is 829. The number of allylic oxidation sites excluding steroid dienone is 1. The van der Waals surface area contributed by atoms with Crippen molar-refractivity contribution in [3.63, 3.8) is 0 Å². The third-order valence-corrected chi connectivity index (χ3v) is 11.1. The lowest BCUT2D eigenvalue weighted by atomic mass is 10.0. The molecule has 0 fully saturated rings. The van der Waals surface area contributed by atoms with Crippen molar-refractivity contribution in [1.82, 2.24) is 5.32 Å². The summed E-state index contributed by atoms with van der Waals surface area (Å²) >= 11 is 0. The second-order valence-corrected chi connectivity index (χ2v) is 16.7. The number of hydrogen-bond donors (Lipinski definition) is 3. The van der Waals surface area contributed by atoms with E-state index in [1.807, 2.05) is 6.08 Å².